The van der Waals surface area contributed by atoms with E-state index in [0.717, 1.165) is 0 Å². The summed E-state index contributed by atoms with van der Waals surface area (Å²) in [5, 5.41) is 9.51. The van der Waals surface area contributed by atoms with Crippen molar-refractivity contribution in [2.45, 2.75) is 6.43 Å². The zero-order valence-electron chi connectivity index (χ0n) is 4.30. The third-order valence-corrected chi connectivity index (χ3v) is 0.536. The molecule has 0 fully saturated rings. The Morgan fingerprint density at radius 1 is 1.67 bits per heavy atom. The van der Waals surface area contributed by atoms with Crippen molar-refractivity contribution in [3.05, 3.63) is 11.8 Å². The minimum atomic E-state index is -2.93. The molecule has 0 aromatic carbocycles. The summed E-state index contributed by atoms with van der Waals surface area (Å²) in [7, 11) is 0. The predicted octanol–water partition coefficient (Wildman–Crippen LogP) is -1.16. The van der Waals surface area contributed by atoms with Gasteiger partial charge in [0.15, 0.2) is 0 Å². The van der Waals surface area contributed by atoms with Gasteiger partial charge < -0.3 is 15.6 Å². The van der Waals surface area contributed by atoms with Crippen molar-refractivity contribution in [2.75, 3.05) is 0 Å². The molecule has 3 nitrogen and oxygen atoms in total. The number of hydrogen-bond acceptors (Lipinski definition) is 3. The molecule has 0 amide bonds. The van der Waals surface area contributed by atoms with Crippen LogP contribution >= 0.6 is 0 Å². The number of alkyl halides is 2. The minimum absolute atomic E-state index is 0.157. The summed E-state index contributed by atoms with van der Waals surface area (Å²) in [5.74, 6) is -1.71. The van der Waals surface area contributed by atoms with Crippen molar-refractivity contribution < 1.29 is 18.7 Å². The molecule has 0 unspecified atom stereocenters. The highest BCUT2D eigenvalue weighted by atomic mass is 19.3. The standard InChI is InChI=1S/C4H5F2NO2/c5-4(6)2(7)1-3(8)9/h1,4H,7H2,(H,8,9)/p-1/b2-1-. The SMILES string of the molecule is N/C(=C\C(=O)[O-])C(F)F. The molecular weight excluding hydrogens is 132 g/mol. The van der Waals surface area contributed by atoms with Crippen LogP contribution in [0.1, 0.15) is 0 Å². The molecule has 52 valence electrons. The summed E-state index contributed by atoms with van der Waals surface area (Å²) in [6.45, 7) is 0. The van der Waals surface area contributed by atoms with Gasteiger partial charge in [0.05, 0.1) is 11.7 Å². The number of rotatable bonds is 2. The largest absolute Gasteiger partial charge is 0.545 e. The van der Waals surface area contributed by atoms with Crippen LogP contribution in [-0.4, -0.2) is 12.4 Å². The van der Waals surface area contributed by atoms with Crippen LogP contribution in [-0.2, 0) is 4.79 Å². The van der Waals surface area contributed by atoms with Gasteiger partial charge in [0.25, 0.3) is 6.43 Å². The zero-order valence-corrected chi connectivity index (χ0v) is 4.30. The van der Waals surface area contributed by atoms with E-state index in [1.807, 2.05) is 0 Å². The first-order chi connectivity index (χ1) is 4.04. The van der Waals surface area contributed by atoms with Gasteiger partial charge >= 0.3 is 0 Å². The first-order valence-corrected chi connectivity index (χ1v) is 2.00. The Morgan fingerprint density at radius 2 is 2.11 bits per heavy atom. The van der Waals surface area contributed by atoms with Crippen LogP contribution in [0.4, 0.5) is 8.78 Å². The summed E-state index contributed by atoms with van der Waals surface area (Å²) in [6, 6.07) is 0. The third kappa shape index (κ3) is 3.45. The molecule has 0 aromatic rings. The number of halogens is 2. The van der Waals surface area contributed by atoms with Crippen LogP contribution in [0.2, 0.25) is 0 Å². The number of aliphatic carboxylic acids is 1. The lowest BCUT2D eigenvalue weighted by atomic mass is 10.4. The molecule has 5 heteroatoms. The van der Waals surface area contributed by atoms with E-state index in [2.05, 4.69) is 5.73 Å². The van der Waals surface area contributed by atoms with Gasteiger partial charge in [-0.3, -0.25) is 0 Å². The molecule has 0 atom stereocenters. The van der Waals surface area contributed by atoms with Crippen LogP contribution in [0.3, 0.4) is 0 Å². The van der Waals surface area contributed by atoms with E-state index in [1.54, 1.807) is 0 Å². The van der Waals surface area contributed by atoms with Crippen molar-refractivity contribution in [2.24, 2.45) is 5.73 Å². The number of carbonyl (C=O) groups is 1. The van der Waals surface area contributed by atoms with Gasteiger partial charge in [-0.15, -0.1) is 0 Å². The van der Waals surface area contributed by atoms with E-state index in [9.17, 15) is 18.7 Å². The van der Waals surface area contributed by atoms with Gasteiger partial charge in [-0.05, 0) is 6.08 Å². The van der Waals surface area contributed by atoms with Gasteiger partial charge in [0.2, 0.25) is 0 Å². The Morgan fingerprint density at radius 3 is 2.22 bits per heavy atom. The molecular formula is C4H4F2NO2-. The lowest BCUT2D eigenvalue weighted by molar-refractivity contribution is -0.297. The molecule has 0 aliphatic carbocycles. The molecule has 0 saturated heterocycles. The Kier molecular flexibility index (Phi) is 2.63. The molecule has 0 aliphatic heterocycles. The first kappa shape index (κ1) is 7.87. The van der Waals surface area contributed by atoms with E-state index in [4.69, 9.17) is 0 Å². The van der Waals surface area contributed by atoms with Crippen molar-refractivity contribution in [3.8, 4) is 0 Å². The van der Waals surface area contributed by atoms with Crippen molar-refractivity contribution in [1.29, 1.82) is 0 Å². The summed E-state index contributed by atoms with van der Waals surface area (Å²) in [4.78, 5) is 9.51. The fourth-order valence-electron chi connectivity index (χ4n) is 0.199. The smallest absolute Gasteiger partial charge is 0.277 e. The zero-order chi connectivity index (χ0) is 7.44. The summed E-state index contributed by atoms with van der Waals surface area (Å²) < 4.78 is 22.6. The maximum absolute atomic E-state index is 11.3. The highest BCUT2D eigenvalue weighted by Crippen LogP contribution is 1.99. The summed E-state index contributed by atoms with van der Waals surface area (Å²) >= 11 is 0. The van der Waals surface area contributed by atoms with Crippen molar-refractivity contribution in [1.82, 2.24) is 0 Å². The molecule has 9 heavy (non-hydrogen) atoms. The Labute approximate surface area is 49.8 Å². The molecule has 0 radical (unpaired) electrons. The number of carboxylic acid groups (broad SMARTS) is 1. The fourth-order valence-corrected chi connectivity index (χ4v) is 0.199. The topological polar surface area (TPSA) is 66.2 Å². The van der Waals surface area contributed by atoms with Gasteiger partial charge in [-0.1, -0.05) is 0 Å². The molecule has 0 aromatic heterocycles. The second-order valence-corrected chi connectivity index (χ2v) is 1.26. The monoisotopic (exact) mass is 136 g/mol. The predicted molar refractivity (Wildman–Crippen MR) is 23.3 cm³/mol. The van der Waals surface area contributed by atoms with E-state index >= 15 is 0 Å². The van der Waals surface area contributed by atoms with Crippen LogP contribution in [0.25, 0.3) is 0 Å². The maximum Gasteiger partial charge on any atom is 0.277 e. The molecule has 0 spiro atoms. The Bertz CT molecular complexity index is 144. The minimum Gasteiger partial charge on any atom is -0.545 e. The average molecular weight is 136 g/mol. The second-order valence-electron chi connectivity index (χ2n) is 1.26. The number of carbonyl (C=O) groups excluding carboxylic acids is 1. The van der Waals surface area contributed by atoms with Gasteiger partial charge in [0.1, 0.15) is 0 Å². The third-order valence-electron chi connectivity index (χ3n) is 0.536. The molecule has 0 saturated carbocycles. The first-order valence-electron chi connectivity index (χ1n) is 2.00. The molecule has 0 heterocycles. The highest BCUT2D eigenvalue weighted by molar-refractivity contribution is 5.78. The number of nitrogens with two attached hydrogens (primary N) is 1. The molecule has 0 bridgehead atoms. The summed E-state index contributed by atoms with van der Waals surface area (Å²) in [5.41, 5.74) is 3.52. The van der Waals surface area contributed by atoms with Crippen molar-refractivity contribution in [3.63, 3.8) is 0 Å². The molecule has 2 N–H and O–H groups in total. The van der Waals surface area contributed by atoms with E-state index in [1.165, 1.54) is 0 Å². The fraction of sp³-hybridized carbons (Fsp3) is 0.250. The van der Waals surface area contributed by atoms with Gasteiger partial charge in [-0.25, -0.2) is 8.78 Å². The van der Waals surface area contributed by atoms with E-state index in [-0.39, 0.29) is 6.08 Å². The Hall–Kier alpha value is -1.13. The molecule has 0 rings (SSSR count). The number of allylic oxidation sites excluding steroid dienone is 1. The van der Waals surface area contributed by atoms with Crippen LogP contribution < -0.4 is 10.8 Å². The quantitative estimate of drug-likeness (QED) is 0.487. The van der Waals surface area contributed by atoms with Crippen LogP contribution in [0.15, 0.2) is 11.8 Å². The van der Waals surface area contributed by atoms with Gasteiger partial charge in [0, 0.05) is 0 Å². The second kappa shape index (κ2) is 3.01. The van der Waals surface area contributed by atoms with Crippen molar-refractivity contribution >= 4 is 5.97 Å². The highest BCUT2D eigenvalue weighted by Gasteiger charge is 2.03. The molecule has 0 aliphatic rings. The number of carboxylic acids is 1. The lowest BCUT2D eigenvalue weighted by Crippen LogP contribution is -2.22. The normalized spacial score (nSPS) is 12.1. The van der Waals surface area contributed by atoms with Crippen LogP contribution in [0.5, 0.6) is 0 Å². The van der Waals surface area contributed by atoms with Crippen LogP contribution in [0, 0.1) is 0 Å². The summed E-state index contributed by atoms with van der Waals surface area (Å²) in [6.07, 6.45) is -2.77. The van der Waals surface area contributed by atoms with E-state index in [0.29, 0.717) is 0 Å². The van der Waals surface area contributed by atoms with Gasteiger partial charge in [-0.2, -0.15) is 0 Å². The number of hydrogen-bond donors (Lipinski definition) is 1. The maximum atomic E-state index is 11.3. The Balaban J connectivity index is 4.00. The average Bonchev–Trinajstić information content (AvgIpc) is 1.63. The lowest BCUT2D eigenvalue weighted by Gasteiger charge is -1.97. The van der Waals surface area contributed by atoms with E-state index < -0.39 is 18.1 Å².